The molecule has 2 nitrogen and oxygen atoms in total. The molecule has 5 heteroatoms. The van der Waals surface area contributed by atoms with E-state index in [0.29, 0.717) is 10.0 Å². The normalized spacial score (nSPS) is 17.4. The maximum atomic E-state index is 6.52. The highest BCUT2D eigenvalue weighted by Crippen LogP contribution is 2.39. The number of hydrogen-bond donors (Lipinski definition) is 1. The van der Waals surface area contributed by atoms with Gasteiger partial charge < -0.3 is 5.32 Å². The van der Waals surface area contributed by atoms with Gasteiger partial charge in [0.25, 0.3) is 0 Å². The molecule has 0 amide bonds. The molecule has 2 aromatic rings. The Morgan fingerprint density at radius 2 is 1.64 bits per heavy atom. The molecule has 116 valence electrons. The molecule has 1 saturated heterocycles. The molecule has 22 heavy (non-hydrogen) atoms. The molecule has 3 rings (SSSR count). The average Bonchev–Trinajstić information content (AvgIpc) is 2.54. The Morgan fingerprint density at radius 3 is 2.36 bits per heavy atom. The van der Waals surface area contributed by atoms with E-state index >= 15 is 0 Å². The molecule has 2 aromatic carbocycles. The van der Waals surface area contributed by atoms with E-state index in [1.807, 2.05) is 18.2 Å². The van der Waals surface area contributed by atoms with Gasteiger partial charge in [-0.3, -0.25) is 4.90 Å². The molecule has 1 aliphatic rings. The van der Waals surface area contributed by atoms with Crippen molar-refractivity contribution in [2.24, 2.45) is 0 Å². The lowest BCUT2D eigenvalue weighted by Gasteiger charge is -2.36. The highest BCUT2D eigenvalue weighted by Gasteiger charge is 2.27. The second kappa shape index (κ2) is 7.33. The topological polar surface area (TPSA) is 15.3 Å². The zero-order valence-electron chi connectivity index (χ0n) is 12.0. The van der Waals surface area contributed by atoms with Gasteiger partial charge in [0.05, 0.1) is 16.1 Å². The summed E-state index contributed by atoms with van der Waals surface area (Å²) >= 11 is 16.5. The van der Waals surface area contributed by atoms with Gasteiger partial charge in [-0.2, -0.15) is 0 Å². The summed E-state index contributed by atoms with van der Waals surface area (Å²) in [5.74, 6) is 0. The first kappa shape index (κ1) is 16.3. The highest BCUT2D eigenvalue weighted by atomic mass is 79.9. The zero-order valence-corrected chi connectivity index (χ0v) is 15.1. The van der Waals surface area contributed by atoms with Gasteiger partial charge in [-0.05, 0) is 23.3 Å². The van der Waals surface area contributed by atoms with E-state index in [9.17, 15) is 0 Å². The first-order valence-corrected chi connectivity index (χ1v) is 8.86. The summed E-state index contributed by atoms with van der Waals surface area (Å²) in [7, 11) is 0. The average molecular weight is 400 g/mol. The van der Waals surface area contributed by atoms with Crippen molar-refractivity contribution in [3.05, 3.63) is 68.1 Å². The van der Waals surface area contributed by atoms with Crippen LogP contribution < -0.4 is 5.32 Å². The predicted octanol–water partition coefficient (Wildman–Crippen LogP) is 4.75. The number of nitrogens with one attached hydrogen (secondary N) is 1. The summed E-state index contributed by atoms with van der Waals surface area (Å²) in [5.41, 5.74) is 2.27. The summed E-state index contributed by atoms with van der Waals surface area (Å²) in [5, 5.41) is 4.65. The van der Waals surface area contributed by atoms with Gasteiger partial charge in [0, 0.05) is 30.7 Å². The third-order valence-electron chi connectivity index (χ3n) is 3.99. The van der Waals surface area contributed by atoms with Crippen molar-refractivity contribution in [2.45, 2.75) is 6.04 Å². The van der Waals surface area contributed by atoms with Crippen LogP contribution in [0.3, 0.4) is 0 Å². The third kappa shape index (κ3) is 3.34. The molecule has 0 saturated carbocycles. The van der Waals surface area contributed by atoms with E-state index in [1.54, 1.807) is 0 Å². The van der Waals surface area contributed by atoms with Crippen LogP contribution >= 0.6 is 39.1 Å². The van der Waals surface area contributed by atoms with Gasteiger partial charge in [0.15, 0.2) is 0 Å². The molecule has 0 bridgehead atoms. The molecule has 1 fully saturated rings. The molecule has 0 aromatic heterocycles. The van der Waals surface area contributed by atoms with Gasteiger partial charge in [0.1, 0.15) is 0 Å². The summed E-state index contributed by atoms with van der Waals surface area (Å²) in [6, 6.07) is 14.3. The van der Waals surface area contributed by atoms with Crippen LogP contribution in [0.15, 0.2) is 46.9 Å². The second-order valence-corrected chi connectivity index (χ2v) is 6.99. The van der Waals surface area contributed by atoms with Crippen LogP contribution in [0.1, 0.15) is 17.2 Å². The van der Waals surface area contributed by atoms with Crippen LogP contribution in [0.5, 0.6) is 0 Å². The molecule has 0 spiro atoms. The minimum absolute atomic E-state index is 0.101. The molecular formula is C17H17BrCl2N2. The van der Waals surface area contributed by atoms with Gasteiger partial charge in [0.2, 0.25) is 0 Å². The number of piperazine rings is 1. The fourth-order valence-corrected chi connectivity index (χ4v) is 3.84. The number of hydrogen-bond acceptors (Lipinski definition) is 2. The van der Waals surface area contributed by atoms with Crippen LogP contribution in [0.4, 0.5) is 0 Å². The van der Waals surface area contributed by atoms with E-state index in [0.717, 1.165) is 36.2 Å². The van der Waals surface area contributed by atoms with E-state index < -0.39 is 0 Å². The Kier molecular flexibility index (Phi) is 5.42. The minimum Gasteiger partial charge on any atom is -0.314 e. The molecule has 1 unspecified atom stereocenters. The first-order valence-electron chi connectivity index (χ1n) is 7.31. The van der Waals surface area contributed by atoms with Crippen LogP contribution in [0.25, 0.3) is 0 Å². The van der Waals surface area contributed by atoms with Gasteiger partial charge in [-0.15, -0.1) is 0 Å². The molecule has 0 aliphatic carbocycles. The van der Waals surface area contributed by atoms with Gasteiger partial charge >= 0.3 is 0 Å². The fourth-order valence-electron chi connectivity index (χ4n) is 2.93. The molecule has 1 heterocycles. The van der Waals surface area contributed by atoms with E-state index in [4.69, 9.17) is 23.2 Å². The summed E-state index contributed by atoms with van der Waals surface area (Å²) in [4.78, 5) is 2.45. The Morgan fingerprint density at radius 1 is 0.955 bits per heavy atom. The predicted molar refractivity (Wildman–Crippen MR) is 96.9 cm³/mol. The van der Waals surface area contributed by atoms with Crippen molar-refractivity contribution in [3.63, 3.8) is 0 Å². The van der Waals surface area contributed by atoms with E-state index in [-0.39, 0.29) is 6.04 Å². The molecule has 1 N–H and O–H groups in total. The molecule has 1 atom stereocenters. The number of nitrogens with zero attached hydrogens (tertiary/aromatic N) is 1. The lowest BCUT2D eigenvalue weighted by atomic mass is 9.96. The first-order chi connectivity index (χ1) is 10.7. The number of benzene rings is 2. The van der Waals surface area contributed by atoms with Crippen molar-refractivity contribution in [1.29, 1.82) is 0 Å². The SMILES string of the molecule is Clc1cccc(C(c2ccccc2Br)N2CCNCC2)c1Cl. The molecule has 1 aliphatic heterocycles. The van der Waals surface area contributed by atoms with Crippen molar-refractivity contribution < 1.29 is 0 Å². The standard InChI is InChI=1S/C17H17BrCl2N2/c18-14-6-2-1-4-12(14)17(22-10-8-21-9-11-22)13-5-3-7-15(19)16(13)20/h1-7,17,21H,8-11H2. The summed E-state index contributed by atoms with van der Waals surface area (Å²) in [6.07, 6.45) is 0. The Balaban J connectivity index is 2.10. The van der Waals surface area contributed by atoms with Crippen molar-refractivity contribution in [3.8, 4) is 0 Å². The largest absolute Gasteiger partial charge is 0.314 e. The minimum atomic E-state index is 0.101. The molecule has 0 radical (unpaired) electrons. The van der Waals surface area contributed by atoms with E-state index in [2.05, 4.69) is 50.4 Å². The maximum absolute atomic E-state index is 6.52. The van der Waals surface area contributed by atoms with Crippen LogP contribution in [-0.2, 0) is 0 Å². The summed E-state index contributed by atoms with van der Waals surface area (Å²) < 4.78 is 1.09. The number of rotatable bonds is 3. The maximum Gasteiger partial charge on any atom is 0.0643 e. The lowest BCUT2D eigenvalue weighted by molar-refractivity contribution is 0.198. The van der Waals surface area contributed by atoms with Crippen LogP contribution in [-0.4, -0.2) is 31.1 Å². The highest BCUT2D eigenvalue weighted by molar-refractivity contribution is 9.10. The van der Waals surface area contributed by atoms with Gasteiger partial charge in [-0.1, -0.05) is 69.5 Å². The van der Waals surface area contributed by atoms with Crippen LogP contribution in [0.2, 0.25) is 10.0 Å². The molecular weight excluding hydrogens is 383 g/mol. The van der Waals surface area contributed by atoms with Gasteiger partial charge in [-0.25, -0.2) is 0 Å². The monoisotopic (exact) mass is 398 g/mol. The van der Waals surface area contributed by atoms with Crippen molar-refractivity contribution >= 4 is 39.1 Å². The summed E-state index contributed by atoms with van der Waals surface area (Å²) in [6.45, 7) is 3.93. The lowest BCUT2D eigenvalue weighted by Crippen LogP contribution is -2.45. The zero-order chi connectivity index (χ0) is 15.5. The quantitative estimate of drug-likeness (QED) is 0.800. The Labute approximate surface area is 149 Å². The smallest absolute Gasteiger partial charge is 0.0643 e. The number of halogens is 3. The van der Waals surface area contributed by atoms with Crippen LogP contribution in [0, 0.1) is 0 Å². The van der Waals surface area contributed by atoms with E-state index in [1.165, 1.54) is 5.56 Å². The van der Waals surface area contributed by atoms with Crippen molar-refractivity contribution in [2.75, 3.05) is 26.2 Å². The second-order valence-electron chi connectivity index (χ2n) is 5.35. The van der Waals surface area contributed by atoms with Crippen molar-refractivity contribution in [1.82, 2.24) is 10.2 Å². The fraction of sp³-hybridized carbons (Fsp3) is 0.294. The third-order valence-corrected chi connectivity index (χ3v) is 5.55. The Hall–Kier alpha value is -0.580. The Bertz CT molecular complexity index is 657.